The SMILES string of the molecule is C[C@]12CC[C@H](OC(=O)C(F)(F)F)CC1=CC[C@@H]1C2CC[C@]2(C)C(=O)CCC12. The number of ether oxygens (including phenoxy) is 1. The van der Waals surface area contributed by atoms with Crippen LogP contribution in [0.2, 0.25) is 0 Å². The summed E-state index contributed by atoms with van der Waals surface area (Å²) in [6.45, 7) is 4.37. The number of carbonyl (C=O) groups excluding carboxylic acids is 2. The van der Waals surface area contributed by atoms with Crippen LogP contribution in [0.25, 0.3) is 0 Å². The van der Waals surface area contributed by atoms with E-state index in [1.165, 1.54) is 0 Å². The molecule has 6 atom stereocenters. The fourth-order valence-corrected chi connectivity index (χ4v) is 6.72. The van der Waals surface area contributed by atoms with Crippen LogP contribution in [-0.2, 0) is 14.3 Å². The van der Waals surface area contributed by atoms with Crippen molar-refractivity contribution in [3.05, 3.63) is 11.6 Å². The molecule has 0 radical (unpaired) electrons. The molecule has 3 nitrogen and oxygen atoms in total. The average molecular weight is 384 g/mol. The molecular formula is C21H27F3O3. The van der Waals surface area contributed by atoms with Gasteiger partial charge in [-0.05, 0) is 61.7 Å². The van der Waals surface area contributed by atoms with Crippen molar-refractivity contribution < 1.29 is 27.5 Å². The Balaban J connectivity index is 1.53. The van der Waals surface area contributed by atoms with E-state index in [1.54, 1.807) is 0 Å². The predicted octanol–water partition coefficient (Wildman–Crippen LogP) is 4.99. The number of fused-ring (bicyclic) bond motifs is 5. The van der Waals surface area contributed by atoms with Gasteiger partial charge in [0.05, 0.1) is 0 Å². The van der Waals surface area contributed by atoms with Crippen molar-refractivity contribution in [1.82, 2.24) is 0 Å². The van der Waals surface area contributed by atoms with Gasteiger partial charge in [0, 0.05) is 18.3 Å². The van der Waals surface area contributed by atoms with Gasteiger partial charge in [-0.1, -0.05) is 25.5 Å². The van der Waals surface area contributed by atoms with Crippen LogP contribution in [0.1, 0.15) is 65.2 Å². The second-order valence-electron chi connectivity index (χ2n) is 9.45. The fraction of sp³-hybridized carbons (Fsp3) is 0.810. The summed E-state index contributed by atoms with van der Waals surface area (Å²) in [7, 11) is 0. The van der Waals surface area contributed by atoms with Crippen LogP contribution in [0, 0.1) is 28.6 Å². The molecule has 0 bridgehead atoms. The first-order chi connectivity index (χ1) is 12.6. The lowest BCUT2D eigenvalue weighted by molar-refractivity contribution is -0.206. The maximum atomic E-state index is 12.5. The minimum absolute atomic E-state index is 0.0446. The van der Waals surface area contributed by atoms with Crippen LogP contribution in [0.3, 0.4) is 0 Å². The zero-order chi connectivity index (χ0) is 19.6. The van der Waals surface area contributed by atoms with Crippen molar-refractivity contribution in [2.75, 3.05) is 0 Å². The van der Waals surface area contributed by atoms with Gasteiger partial charge in [-0.25, -0.2) is 4.79 Å². The molecule has 4 rings (SSSR count). The maximum Gasteiger partial charge on any atom is 0.490 e. The summed E-state index contributed by atoms with van der Waals surface area (Å²) in [4.78, 5) is 23.6. The first-order valence-electron chi connectivity index (χ1n) is 10.1. The van der Waals surface area contributed by atoms with Crippen molar-refractivity contribution in [2.45, 2.75) is 77.5 Å². The summed E-state index contributed by atoms with van der Waals surface area (Å²) in [5, 5.41) is 0. The predicted molar refractivity (Wildman–Crippen MR) is 92.6 cm³/mol. The van der Waals surface area contributed by atoms with Gasteiger partial charge in [0.15, 0.2) is 0 Å². The smallest absolute Gasteiger partial charge is 0.455 e. The number of carbonyl (C=O) groups is 2. The normalized spacial score (nSPS) is 44.0. The lowest BCUT2D eigenvalue weighted by Crippen LogP contribution is -2.50. The highest BCUT2D eigenvalue weighted by Crippen LogP contribution is 2.64. The summed E-state index contributed by atoms with van der Waals surface area (Å²) < 4.78 is 42.3. The molecule has 4 aliphatic carbocycles. The van der Waals surface area contributed by atoms with Gasteiger partial charge in [0.2, 0.25) is 0 Å². The lowest BCUT2D eigenvalue weighted by atomic mass is 9.48. The van der Waals surface area contributed by atoms with Crippen LogP contribution in [0.15, 0.2) is 11.6 Å². The molecule has 3 saturated carbocycles. The van der Waals surface area contributed by atoms with Crippen molar-refractivity contribution in [3.63, 3.8) is 0 Å². The number of Topliss-reactive ketones (excluding diaryl/α,β-unsaturated/α-hetero) is 1. The number of esters is 1. The van der Waals surface area contributed by atoms with Gasteiger partial charge in [-0.3, -0.25) is 4.79 Å². The van der Waals surface area contributed by atoms with E-state index in [4.69, 9.17) is 4.74 Å². The Morgan fingerprint density at radius 1 is 1.11 bits per heavy atom. The third-order valence-electron chi connectivity index (χ3n) is 8.27. The van der Waals surface area contributed by atoms with Gasteiger partial charge in [-0.2, -0.15) is 13.2 Å². The number of allylic oxidation sites excluding steroid dienone is 1. The largest absolute Gasteiger partial charge is 0.490 e. The number of ketones is 1. The molecule has 0 saturated heterocycles. The van der Waals surface area contributed by atoms with E-state index >= 15 is 0 Å². The fourth-order valence-electron chi connectivity index (χ4n) is 6.72. The number of rotatable bonds is 1. The van der Waals surface area contributed by atoms with Gasteiger partial charge in [-0.15, -0.1) is 0 Å². The van der Waals surface area contributed by atoms with E-state index in [-0.39, 0.29) is 10.8 Å². The Hall–Kier alpha value is -1.33. The molecular weight excluding hydrogens is 357 g/mol. The first kappa shape index (κ1) is 19.0. The van der Waals surface area contributed by atoms with Crippen LogP contribution >= 0.6 is 0 Å². The number of hydrogen-bond acceptors (Lipinski definition) is 3. The van der Waals surface area contributed by atoms with Crippen molar-refractivity contribution in [1.29, 1.82) is 0 Å². The van der Waals surface area contributed by atoms with Gasteiger partial charge in [0.25, 0.3) is 0 Å². The topological polar surface area (TPSA) is 43.4 Å². The summed E-state index contributed by atoms with van der Waals surface area (Å²) in [6, 6.07) is 0. The minimum atomic E-state index is -4.93. The monoisotopic (exact) mass is 384 g/mol. The molecule has 0 spiro atoms. The Morgan fingerprint density at radius 3 is 2.48 bits per heavy atom. The lowest BCUT2D eigenvalue weighted by Gasteiger charge is -2.56. The van der Waals surface area contributed by atoms with Crippen LogP contribution in [0.4, 0.5) is 13.2 Å². The van der Waals surface area contributed by atoms with E-state index in [2.05, 4.69) is 19.9 Å². The zero-order valence-electron chi connectivity index (χ0n) is 15.9. The van der Waals surface area contributed by atoms with E-state index < -0.39 is 18.2 Å². The molecule has 27 heavy (non-hydrogen) atoms. The van der Waals surface area contributed by atoms with Crippen molar-refractivity contribution in [2.24, 2.45) is 28.6 Å². The molecule has 3 fully saturated rings. The molecule has 0 heterocycles. The zero-order valence-corrected chi connectivity index (χ0v) is 15.9. The molecule has 6 heteroatoms. The molecule has 0 aromatic carbocycles. The molecule has 150 valence electrons. The third-order valence-corrected chi connectivity index (χ3v) is 8.27. The number of hydrogen-bond donors (Lipinski definition) is 0. The highest BCUT2D eigenvalue weighted by atomic mass is 19.4. The van der Waals surface area contributed by atoms with Crippen molar-refractivity contribution in [3.8, 4) is 0 Å². The third kappa shape index (κ3) is 2.85. The molecule has 0 aromatic rings. The Morgan fingerprint density at radius 2 is 1.78 bits per heavy atom. The second kappa shape index (κ2) is 6.08. The van der Waals surface area contributed by atoms with Crippen LogP contribution < -0.4 is 0 Å². The van der Waals surface area contributed by atoms with E-state index in [0.717, 1.165) is 37.7 Å². The Kier molecular flexibility index (Phi) is 4.28. The number of halogens is 3. The van der Waals surface area contributed by atoms with E-state index in [1.807, 2.05) is 0 Å². The summed E-state index contributed by atoms with van der Waals surface area (Å²) >= 11 is 0. The molecule has 4 aliphatic rings. The quantitative estimate of drug-likeness (QED) is 0.472. The molecule has 2 unspecified atom stereocenters. The standard InChI is InChI=1S/C21H27F3O3/c1-19-9-7-13(27-18(26)21(22,23)24)11-12(19)3-4-14-15-5-6-17(25)20(15,2)10-8-16(14)19/h3,13-16H,4-11H2,1-2H3/t13-,14-,15?,16?,19-,20-/m0/s1. The second-order valence-corrected chi connectivity index (χ2v) is 9.45. The van der Waals surface area contributed by atoms with E-state index in [9.17, 15) is 22.8 Å². The number of alkyl halides is 3. The Labute approximate surface area is 157 Å². The minimum Gasteiger partial charge on any atom is -0.455 e. The molecule has 0 amide bonds. The molecule has 0 N–H and O–H groups in total. The summed E-state index contributed by atoms with van der Waals surface area (Å²) in [5.41, 5.74) is 0.933. The van der Waals surface area contributed by atoms with Crippen molar-refractivity contribution >= 4 is 11.8 Å². The van der Waals surface area contributed by atoms with Gasteiger partial charge >= 0.3 is 12.1 Å². The first-order valence-corrected chi connectivity index (χ1v) is 10.1. The van der Waals surface area contributed by atoms with Crippen LogP contribution in [0.5, 0.6) is 0 Å². The van der Waals surface area contributed by atoms with Crippen LogP contribution in [-0.4, -0.2) is 24.0 Å². The summed E-state index contributed by atoms with van der Waals surface area (Å²) in [5.74, 6) is -0.282. The highest BCUT2D eigenvalue weighted by Gasteiger charge is 2.58. The van der Waals surface area contributed by atoms with E-state index in [0.29, 0.717) is 42.8 Å². The van der Waals surface area contributed by atoms with Gasteiger partial charge < -0.3 is 4.74 Å². The average Bonchev–Trinajstić information content (AvgIpc) is 2.89. The van der Waals surface area contributed by atoms with Gasteiger partial charge in [0.1, 0.15) is 11.9 Å². The maximum absolute atomic E-state index is 12.5. The Bertz CT molecular complexity index is 697. The summed E-state index contributed by atoms with van der Waals surface area (Å²) in [6.07, 6.45) is 2.67. The molecule has 0 aromatic heterocycles. The molecule has 0 aliphatic heterocycles. The highest BCUT2D eigenvalue weighted by molar-refractivity contribution is 5.87.